The van der Waals surface area contributed by atoms with E-state index in [0.717, 1.165) is 30.5 Å². The Kier molecular flexibility index (Phi) is 7.76. The molecule has 0 heterocycles. The van der Waals surface area contributed by atoms with Crippen molar-refractivity contribution < 1.29 is 4.39 Å². The second-order valence-corrected chi connectivity index (χ2v) is 6.56. The number of benzene rings is 1. The summed E-state index contributed by atoms with van der Waals surface area (Å²) in [5, 5.41) is 8.27. The molecule has 0 amide bonds. The number of hydrazone groups is 1. The van der Waals surface area contributed by atoms with Crippen LogP contribution in [0.3, 0.4) is 0 Å². The van der Waals surface area contributed by atoms with Crippen molar-refractivity contribution in [2.75, 3.05) is 5.88 Å². The molecule has 1 aromatic carbocycles. The summed E-state index contributed by atoms with van der Waals surface area (Å²) in [6.45, 7) is 0. The van der Waals surface area contributed by atoms with E-state index >= 15 is 0 Å². The molecular formula is C17H23ClFN3S. The lowest BCUT2D eigenvalue weighted by Crippen LogP contribution is -2.41. The van der Waals surface area contributed by atoms with Crippen molar-refractivity contribution in [3.63, 3.8) is 0 Å². The molecule has 1 aliphatic carbocycles. The first kappa shape index (κ1) is 18.1. The van der Waals surface area contributed by atoms with Gasteiger partial charge in [-0.1, -0.05) is 31.4 Å². The minimum Gasteiger partial charge on any atom is -0.359 e. The predicted octanol–water partition coefficient (Wildman–Crippen LogP) is 4.35. The topological polar surface area (TPSA) is 36.4 Å². The van der Waals surface area contributed by atoms with E-state index in [-0.39, 0.29) is 5.82 Å². The van der Waals surface area contributed by atoms with E-state index in [4.69, 9.17) is 23.8 Å². The van der Waals surface area contributed by atoms with Crippen LogP contribution in [0.2, 0.25) is 0 Å². The van der Waals surface area contributed by atoms with E-state index in [9.17, 15) is 4.39 Å². The lowest BCUT2D eigenvalue weighted by molar-refractivity contribution is 0.412. The van der Waals surface area contributed by atoms with Crippen LogP contribution in [-0.4, -0.2) is 22.7 Å². The summed E-state index contributed by atoms with van der Waals surface area (Å²) in [7, 11) is 0. The van der Waals surface area contributed by atoms with Gasteiger partial charge in [0.25, 0.3) is 0 Å². The molecule has 1 aliphatic rings. The summed E-state index contributed by atoms with van der Waals surface area (Å²) < 4.78 is 13.1. The summed E-state index contributed by atoms with van der Waals surface area (Å²) in [5.74, 6) is 0.304. The molecule has 1 saturated carbocycles. The monoisotopic (exact) mass is 355 g/mol. The van der Waals surface area contributed by atoms with Crippen molar-refractivity contribution in [3.05, 3.63) is 35.6 Å². The minimum atomic E-state index is -0.257. The largest absolute Gasteiger partial charge is 0.359 e. The summed E-state index contributed by atoms with van der Waals surface area (Å²) in [4.78, 5) is 0. The summed E-state index contributed by atoms with van der Waals surface area (Å²) in [6.07, 6.45) is 7.64. The zero-order valence-corrected chi connectivity index (χ0v) is 14.7. The molecule has 23 heavy (non-hydrogen) atoms. The first-order valence-corrected chi connectivity index (χ1v) is 9.08. The van der Waals surface area contributed by atoms with Gasteiger partial charge in [-0.25, -0.2) is 4.39 Å². The van der Waals surface area contributed by atoms with E-state index in [1.165, 1.54) is 31.4 Å². The second-order valence-electron chi connectivity index (χ2n) is 5.78. The molecule has 0 unspecified atom stereocenters. The van der Waals surface area contributed by atoms with Gasteiger partial charge in [0.05, 0.1) is 5.71 Å². The number of nitrogens with one attached hydrogen (secondary N) is 2. The third-order valence-electron chi connectivity index (χ3n) is 3.96. The van der Waals surface area contributed by atoms with Crippen LogP contribution < -0.4 is 10.7 Å². The molecule has 1 fully saturated rings. The fraction of sp³-hybridized carbons (Fsp3) is 0.529. The second kappa shape index (κ2) is 9.83. The number of halogens is 2. The smallest absolute Gasteiger partial charge is 0.187 e. The van der Waals surface area contributed by atoms with Gasteiger partial charge in [-0.15, -0.1) is 11.6 Å². The van der Waals surface area contributed by atoms with Gasteiger partial charge in [0.1, 0.15) is 5.82 Å². The molecule has 6 heteroatoms. The Balaban J connectivity index is 1.95. The Morgan fingerprint density at radius 3 is 2.57 bits per heavy atom. The number of alkyl halides is 1. The van der Waals surface area contributed by atoms with E-state index in [1.54, 1.807) is 12.1 Å². The first-order valence-electron chi connectivity index (χ1n) is 8.14. The van der Waals surface area contributed by atoms with Crippen molar-refractivity contribution >= 4 is 34.6 Å². The average molecular weight is 356 g/mol. The highest BCUT2D eigenvalue weighted by Crippen LogP contribution is 2.17. The van der Waals surface area contributed by atoms with Crippen LogP contribution in [0.1, 0.15) is 50.5 Å². The highest BCUT2D eigenvalue weighted by molar-refractivity contribution is 7.80. The van der Waals surface area contributed by atoms with Gasteiger partial charge in [-0.3, -0.25) is 5.43 Å². The van der Waals surface area contributed by atoms with Gasteiger partial charge in [-0.2, -0.15) is 5.10 Å². The van der Waals surface area contributed by atoms with Gasteiger partial charge < -0.3 is 5.32 Å². The predicted molar refractivity (Wildman–Crippen MR) is 98.6 cm³/mol. The molecule has 2 N–H and O–H groups in total. The molecule has 0 radical (unpaired) electrons. The zero-order valence-electron chi connectivity index (χ0n) is 13.2. The summed E-state index contributed by atoms with van der Waals surface area (Å²) in [5.41, 5.74) is 4.63. The molecule has 0 saturated heterocycles. The van der Waals surface area contributed by atoms with Crippen LogP contribution in [0.25, 0.3) is 0 Å². The Labute approximate surface area is 147 Å². The van der Waals surface area contributed by atoms with Crippen molar-refractivity contribution in [2.24, 2.45) is 5.10 Å². The minimum absolute atomic E-state index is 0.257. The van der Waals surface area contributed by atoms with Crippen LogP contribution >= 0.6 is 23.8 Å². The van der Waals surface area contributed by atoms with Crippen LogP contribution in [-0.2, 0) is 0 Å². The SMILES string of the molecule is Fc1ccc(/C(CCCCl)=N/NC(=S)NC2CCCCC2)cc1. The maximum atomic E-state index is 13.1. The lowest BCUT2D eigenvalue weighted by atomic mass is 9.96. The fourth-order valence-corrected chi connectivity index (χ4v) is 3.07. The van der Waals surface area contributed by atoms with E-state index in [1.807, 2.05) is 0 Å². The van der Waals surface area contributed by atoms with Crippen LogP contribution in [0, 0.1) is 5.82 Å². The molecule has 1 aromatic rings. The van der Waals surface area contributed by atoms with Crippen molar-refractivity contribution in [3.8, 4) is 0 Å². The van der Waals surface area contributed by atoms with Gasteiger partial charge >= 0.3 is 0 Å². The Morgan fingerprint density at radius 1 is 1.22 bits per heavy atom. The van der Waals surface area contributed by atoms with Crippen LogP contribution in [0.4, 0.5) is 4.39 Å². The van der Waals surface area contributed by atoms with Gasteiger partial charge in [0.15, 0.2) is 5.11 Å². The van der Waals surface area contributed by atoms with E-state index < -0.39 is 0 Å². The average Bonchev–Trinajstić information content (AvgIpc) is 2.57. The third kappa shape index (κ3) is 6.43. The standard InChI is InChI=1S/C17H23ClFN3S/c18-12-4-7-16(13-8-10-14(19)11-9-13)21-22-17(23)20-15-5-2-1-3-6-15/h8-11,15H,1-7,12H2,(H2,20,22,23)/b21-16+. The number of thiocarbonyl (C=S) groups is 1. The Bertz CT molecular complexity index is 527. The molecule has 0 spiro atoms. The molecule has 0 aromatic heterocycles. The fourth-order valence-electron chi connectivity index (χ4n) is 2.72. The highest BCUT2D eigenvalue weighted by Gasteiger charge is 2.13. The lowest BCUT2D eigenvalue weighted by Gasteiger charge is -2.23. The maximum absolute atomic E-state index is 13.1. The number of rotatable bonds is 6. The number of hydrogen-bond donors (Lipinski definition) is 2. The maximum Gasteiger partial charge on any atom is 0.187 e. The summed E-state index contributed by atoms with van der Waals surface area (Å²) >= 11 is 11.1. The number of hydrogen-bond acceptors (Lipinski definition) is 2. The van der Waals surface area contributed by atoms with Crippen LogP contribution in [0.15, 0.2) is 29.4 Å². The van der Waals surface area contributed by atoms with Crippen molar-refractivity contribution in [2.45, 2.75) is 51.0 Å². The van der Waals surface area contributed by atoms with Gasteiger partial charge in [-0.05, 0) is 55.6 Å². The normalized spacial score (nSPS) is 16.2. The molecule has 0 bridgehead atoms. The third-order valence-corrected chi connectivity index (χ3v) is 4.43. The molecule has 0 aliphatic heterocycles. The van der Waals surface area contributed by atoms with Gasteiger partial charge in [0, 0.05) is 11.9 Å². The molecule has 0 atom stereocenters. The van der Waals surface area contributed by atoms with Gasteiger partial charge in [0.2, 0.25) is 0 Å². The Morgan fingerprint density at radius 2 is 1.91 bits per heavy atom. The zero-order chi connectivity index (χ0) is 16.5. The molecule has 2 rings (SSSR count). The number of nitrogens with zero attached hydrogens (tertiary/aromatic N) is 1. The van der Waals surface area contributed by atoms with E-state index in [0.29, 0.717) is 23.5 Å². The molecular weight excluding hydrogens is 333 g/mol. The van der Waals surface area contributed by atoms with E-state index in [2.05, 4.69) is 15.8 Å². The van der Waals surface area contributed by atoms with Crippen molar-refractivity contribution in [1.29, 1.82) is 0 Å². The molecule has 126 valence electrons. The highest BCUT2D eigenvalue weighted by atomic mass is 35.5. The van der Waals surface area contributed by atoms with Crippen molar-refractivity contribution in [1.82, 2.24) is 10.7 Å². The summed E-state index contributed by atoms with van der Waals surface area (Å²) in [6, 6.07) is 6.76. The quantitative estimate of drug-likeness (QED) is 0.345. The van der Waals surface area contributed by atoms with Crippen LogP contribution in [0.5, 0.6) is 0 Å². The Hall–Kier alpha value is -1.20. The first-order chi connectivity index (χ1) is 11.2. The molecule has 3 nitrogen and oxygen atoms in total.